The van der Waals surface area contributed by atoms with Gasteiger partial charge < -0.3 is 15.0 Å². The van der Waals surface area contributed by atoms with E-state index in [9.17, 15) is 0 Å². The van der Waals surface area contributed by atoms with Crippen molar-refractivity contribution >= 4 is 0 Å². The number of hydrogen-bond acceptors (Lipinski definition) is 3. The van der Waals surface area contributed by atoms with E-state index in [0.717, 1.165) is 18.6 Å². The second-order valence-electron chi connectivity index (χ2n) is 5.70. The Hall–Kier alpha value is -0.120. The Morgan fingerprint density at radius 2 is 2.12 bits per heavy atom. The van der Waals surface area contributed by atoms with Crippen molar-refractivity contribution in [2.75, 3.05) is 39.9 Å². The average molecular weight is 240 g/mol. The molecule has 100 valence electrons. The minimum atomic E-state index is 0.776. The first-order chi connectivity index (χ1) is 8.38. The summed E-state index contributed by atoms with van der Waals surface area (Å²) >= 11 is 0. The molecule has 2 aliphatic rings. The van der Waals surface area contributed by atoms with E-state index in [-0.39, 0.29) is 0 Å². The van der Waals surface area contributed by atoms with E-state index in [1.54, 1.807) is 0 Å². The summed E-state index contributed by atoms with van der Waals surface area (Å²) in [5, 5.41) is 3.58. The van der Waals surface area contributed by atoms with Crippen LogP contribution in [0.1, 0.15) is 38.5 Å². The zero-order chi connectivity index (χ0) is 11.9. The molecule has 1 aliphatic heterocycles. The molecule has 3 nitrogen and oxygen atoms in total. The van der Waals surface area contributed by atoms with Crippen LogP contribution in [0.4, 0.5) is 0 Å². The first-order valence-electron chi connectivity index (χ1n) is 7.33. The summed E-state index contributed by atoms with van der Waals surface area (Å²) in [6.07, 6.45) is 8.21. The van der Waals surface area contributed by atoms with Crippen LogP contribution >= 0.6 is 0 Å². The van der Waals surface area contributed by atoms with Crippen LogP contribution in [-0.2, 0) is 4.74 Å². The fraction of sp³-hybridized carbons (Fsp3) is 1.00. The van der Waals surface area contributed by atoms with Gasteiger partial charge in [0.15, 0.2) is 0 Å². The highest BCUT2D eigenvalue weighted by atomic mass is 16.5. The lowest BCUT2D eigenvalue weighted by molar-refractivity contribution is 0.0899. The molecule has 2 rings (SSSR count). The van der Waals surface area contributed by atoms with Gasteiger partial charge in [0, 0.05) is 19.7 Å². The predicted octanol–water partition coefficient (Wildman–Crippen LogP) is 1.88. The maximum absolute atomic E-state index is 5.27. The molecule has 2 fully saturated rings. The van der Waals surface area contributed by atoms with Gasteiger partial charge in [0.25, 0.3) is 0 Å². The lowest BCUT2D eigenvalue weighted by atomic mass is 9.99. The standard InChI is InChI=1S/C14H28N2O/c1-17-12-13-5-4-10-16(11-13)9-3-2-8-15-14-6-7-14/h13-15H,2-12H2,1H3. The first kappa shape index (κ1) is 13.3. The number of hydrogen-bond donors (Lipinski definition) is 1. The summed E-state index contributed by atoms with van der Waals surface area (Å²) in [4.78, 5) is 2.63. The SMILES string of the molecule is COCC1CCCN(CCCCNC2CC2)C1. The molecule has 0 aromatic carbocycles. The predicted molar refractivity (Wildman–Crippen MR) is 71.3 cm³/mol. The van der Waals surface area contributed by atoms with Gasteiger partial charge in [-0.25, -0.2) is 0 Å². The number of ether oxygens (including phenoxy) is 1. The molecule has 0 amide bonds. The fourth-order valence-corrected chi connectivity index (χ4v) is 2.78. The number of nitrogens with zero attached hydrogens (tertiary/aromatic N) is 1. The molecule has 1 saturated carbocycles. The normalized spacial score (nSPS) is 26.3. The fourth-order valence-electron chi connectivity index (χ4n) is 2.78. The van der Waals surface area contributed by atoms with Crippen molar-refractivity contribution in [1.29, 1.82) is 0 Å². The highest BCUT2D eigenvalue weighted by Crippen LogP contribution is 2.19. The van der Waals surface area contributed by atoms with Crippen molar-refractivity contribution in [3.63, 3.8) is 0 Å². The van der Waals surface area contributed by atoms with Crippen molar-refractivity contribution in [3.05, 3.63) is 0 Å². The minimum Gasteiger partial charge on any atom is -0.384 e. The van der Waals surface area contributed by atoms with Crippen LogP contribution in [0.25, 0.3) is 0 Å². The maximum atomic E-state index is 5.27. The van der Waals surface area contributed by atoms with Gasteiger partial charge in [0.2, 0.25) is 0 Å². The van der Waals surface area contributed by atoms with Gasteiger partial charge in [0.05, 0.1) is 6.61 Å². The Bertz CT molecular complexity index is 204. The topological polar surface area (TPSA) is 24.5 Å². The van der Waals surface area contributed by atoms with Crippen LogP contribution in [0.3, 0.4) is 0 Å². The van der Waals surface area contributed by atoms with Gasteiger partial charge in [-0.15, -0.1) is 0 Å². The summed E-state index contributed by atoms with van der Waals surface area (Å²) in [7, 11) is 1.82. The summed E-state index contributed by atoms with van der Waals surface area (Å²) < 4.78 is 5.27. The summed E-state index contributed by atoms with van der Waals surface area (Å²) in [5.41, 5.74) is 0. The Morgan fingerprint density at radius 3 is 2.88 bits per heavy atom. The summed E-state index contributed by atoms with van der Waals surface area (Å²) in [6, 6.07) is 0.871. The van der Waals surface area contributed by atoms with Crippen LogP contribution in [-0.4, -0.2) is 50.8 Å². The van der Waals surface area contributed by atoms with Crippen LogP contribution in [0.5, 0.6) is 0 Å². The molecule has 1 saturated heterocycles. The summed E-state index contributed by atoms with van der Waals surface area (Å²) in [6.45, 7) is 6.01. The van der Waals surface area contributed by atoms with Crippen LogP contribution < -0.4 is 5.32 Å². The van der Waals surface area contributed by atoms with Crippen molar-refractivity contribution < 1.29 is 4.74 Å². The zero-order valence-corrected chi connectivity index (χ0v) is 11.3. The molecular formula is C14H28N2O. The molecule has 1 N–H and O–H groups in total. The van der Waals surface area contributed by atoms with Gasteiger partial charge in [-0.05, 0) is 64.1 Å². The maximum Gasteiger partial charge on any atom is 0.0502 e. The van der Waals surface area contributed by atoms with E-state index in [1.807, 2.05) is 7.11 Å². The molecule has 17 heavy (non-hydrogen) atoms. The molecule has 0 spiro atoms. The van der Waals surface area contributed by atoms with E-state index >= 15 is 0 Å². The minimum absolute atomic E-state index is 0.776. The number of rotatable bonds is 8. The number of unbranched alkanes of at least 4 members (excludes halogenated alkanes) is 1. The third kappa shape index (κ3) is 5.36. The second-order valence-corrected chi connectivity index (χ2v) is 5.70. The average Bonchev–Trinajstić information content (AvgIpc) is 3.14. The Morgan fingerprint density at radius 1 is 1.24 bits per heavy atom. The van der Waals surface area contributed by atoms with Gasteiger partial charge in [-0.2, -0.15) is 0 Å². The molecular weight excluding hydrogens is 212 g/mol. The molecule has 1 atom stereocenters. The summed E-state index contributed by atoms with van der Waals surface area (Å²) in [5.74, 6) is 0.776. The number of piperidine rings is 1. The van der Waals surface area contributed by atoms with E-state index in [0.29, 0.717) is 0 Å². The molecule has 1 heterocycles. The lowest BCUT2D eigenvalue weighted by Gasteiger charge is -2.32. The van der Waals surface area contributed by atoms with E-state index in [4.69, 9.17) is 4.74 Å². The Labute approximate surface area is 106 Å². The Balaban J connectivity index is 1.48. The quantitative estimate of drug-likeness (QED) is 0.656. The number of nitrogens with one attached hydrogen (secondary N) is 1. The molecule has 0 aromatic heterocycles. The van der Waals surface area contributed by atoms with Gasteiger partial charge in [-0.1, -0.05) is 0 Å². The first-order valence-corrected chi connectivity index (χ1v) is 7.33. The van der Waals surface area contributed by atoms with Crippen molar-refractivity contribution in [1.82, 2.24) is 10.2 Å². The van der Waals surface area contributed by atoms with E-state index in [1.165, 1.54) is 64.7 Å². The Kier molecular flexibility index (Phi) is 5.75. The zero-order valence-electron chi connectivity index (χ0n) is 11.3. The molecule has 3 heteroatoms. The molecule has 1 unspecified atom stereocenters. The van der Waals surface area contributed by atoms with Gasteiger partial charge >= 0.3 is 0 Å². The third-order valence-electron chi connectivity index (χ3n) is 3.92. The third-order valence-corrected chi connectivity index (χ3v) is 3.92. The molecule has 1 aliphatic carbocycles. The van der Waals surface area contributed by atoms with E-state index in [2.05, 4.69) is 10.2 Å². The van der Waals surface area contributed by atoms with E-state index < -0.39 is 0 Å². The van der Waals surface area contributed by atoms with Crippen molar-refractivity contribution in [2.24, 2.45) is 5.92 Å². The van der Waals surface area contributed by atoms with Gasteiger partial charge in [-0.3, -0.25) is 0 Å². The number of likely N-dealkylation sites (tertiary alicyclic amines) is 1. The van der Waals surface area contributed by atoms with Crippen LogP contribution in [0.15, 0.2) is 0 Å². The van der Waals surface area contributed by atoms with Crippen LogP contribution in [0.2, 0.25) is 0 Å². The van der Waals surface area contributed by atoms with Crippen LogP contribution in [0, 0.1) is 5.92 Å². The van der Waals surface area contributed by atoms with Crippen molar-refractivity contribution in [3.8, 4) is 0 Å². The number of methoxy groups -OCH3 is 1. The lowest BCUT2D eigenvalue weighted by Crippen LogP contribution is -2.37. The second kappa shape index (κ2) is 7.34. The monoisotopic (exact) mass is 240 g/mol. The highest BCUT2D eigenvalue weighted by Gasteiger charge is 2.20. The molecule has 0 aromatic rings. The highest BCUT2D eigenvalue weighted by molar-refractivity contribution is 4.80. The molecule has 0 bridgehead atoms. The largest absolute Gasteiger partial charge is 0.384 e. The van der Waals surface area contributed by atoms with Crippen molar-refractivity contribution in [2.45, 2.75) is 44.6 Å². The van der Waals surface area contributed by atoms with Gasteiger partial charge in [0.1, 0.15) is 0 Å². The molecule has 0 radical (unpaired) electrons. The smallest absolute Gasteiger partial charge is 0.0502 e.